The summed E-state index contributed by atoms with van der Waals surface area (Å²) in [4.78, 5) is 59.7. The third-order valence-electron chi connectivity index (χ3n) is 13.0. The summed E-state index contributed by atoms with van der Waals surface area (Å²) in [5, 5.41) is 14.1. The molecule has 0 saturated carbocycles. The number of H-pyrrole nitrogens is 1. The maximum absolute atomic E-state index is 14.1. The van der Waals surface area contributed by atoms with E-state index in [4.69, 9.17) is 23.9 Å². The molecule has 0 radical (unpaired) electrons. The number of aliphatic carboxylic acids is 1. The lowest BCUT2D eigenvalue weighted by molar-refractivity contribution is -0.152. The quantitative estimate of drug-likeness (QED) is 0.0334. The van der Waals surface area contributed by atoms with Gasteiger partial charge in [-0.05, 0) is 54.6 Å². The third kappa shape index (κ3) is 13.9. The van der Waals surface area contributed by atoms with Crippen LogP contribution in [0.15, 0.2) is 27.0 Å². The van der Waals surface area contributed by atoms with Gasteiger partial charge in [0.15, 0.2) is 28.9 Å². The van der Waals surface area contributed by atoms with Crippen LogP contribution in [0, 0.1) is 0 Å². The smallest absolute Gasteiger partial charge is 0.330 e. The van der Waals surface area contributed by atoms with Gasteiger partial charge in [-0.2, -0.15) is 0 Å². The predicted molar refractivity (Wildman–Crippen MR) is 235 cm³/mol. The van der Waals surface area contributed by atoms with Gasteiger partial charge in [0.1, 0.15) is 30.6 Å². The minimum absolute atomic E-state index is 0.0231. The summed E-state index contributed by atoms with van der Waals surface area (Å²) in [6, 6.07) is -0.254. The SMILES string of the molecule is CCCCCCCCCCCCCCCC(=O)N1[C@H](C(=O)O)[C@@H]([C@H]2O[C@@H](n3ccc(=O)[nH]c3=O)[C@H](O[Si](C)(C)C(C)(C)C)[C@@H]2O[Si](C)(C)C(C)(C)C)O[C@@H]1CCN=[N+]=[N-]. The van der Waals surface area contributed by atoms with Gasteiger partial charge in [0, 0.05) is 30.1 Å². The highest BCUT2D eigenvalue weighted by Crippen LogP contribution is 2.48. The molecule has 2 aliphatic rings. The molecule has 1 aromatic heterocycles. The van der Waals surface area contributed by atoms with Crippen LogP contribution in [-0.2, 0) is 27.9 Å². The van der Waals surface area contributed by atoms with Crippen LogP contribution < -0.4 is 11.2 Å². The molecule has 0 aliphatic carbocycles. The molecule has 3 rings (SSSR count). The molecular formula is C42H76N6O9Si2. The number of nitrogens with zero attached hydrogens (tertiary/aromatic N) is 5. The summed E-state index contributed by atoms with van der Waals surface area (Å²) >= 11 is 0. The molecule has 2 fully saturated rings. The largest absolute Gasteiger partial charge is 0.480 e. The second-order valence-corrected chi connectivity index (χ2v) is 29.1. The number of aromatic nitrogens is 2. The first-order valence-electron chi connectivity index (χ1n) is 22.1. The Morgan fingerprint density at radius 2 is 1.34 bits per heavy atom. The third-order valence-corrected chi connectivity index (χ3v) is 21.9. The molecule has 15 nitrogen and oxygen atoms in total. The minimum Gasteiger partial charge on any atom is -0.480 e. The number of carbonyl (C=O) groups excluding carboxylic acids is 1. The first kappa shape index (κ1) is 50.6. The van der Waals surface area contributed by atoms with Gasteiger partial charge < -0.3 is 28.3 Å². The Kier molecular flexibility index (Phi) is 19.1. The van der Waals surface area contributed by atoms with Crippen molar-refractivity contribution in [1.29, 1.82) is 0 Å². The summed E-state index contributed by atoms with van der Waals surface area (Å²) in [7, 11) is -5.33. The number of aromatic amines is 1. The van der Waals surface area contributed by atoms with Gasteiger partial charge in [0.05, 0.1) is 0 Å². The summed E-state index contributed by atoms with van der Waals surface area (Å²) in [6.07, 6.45) is 10.2. The van der Waals surface area contributed by atoms with Crippen molar-refractivity contribution in [2.24, 2.45) is 5.11 Å². The molecular weight excluding hydrogens is 789 g/mol. The zero-order valence-corrected chi connectivity index (χ0v) is 40.0. The molecule has 2 N–H and O–H groups in total. The van der Waals surface area contributed by atoms with E-state index in [0.29, 0.717) is 6.42 Å². The number of nitrogens with one attached hydrogen (secondary N) is 1. The monoisotopic (exact) mass is 865 g/mol. The van der Waals surface area contributed by atoms with Crippen molar-refractivity contribution in [1.82, 2.24) is 14.5 Å². The molecule has 1 aromatic rings. The molecule has 7 atom stereocenters. The van der Waals surface area contributed by atoms with Gasteiger partial charge in [-0.15, -0.1) is 0 Å². The summed E-state index contributed by atoms with van der Waals surface area (Å²) in [5.41, 5.74) is 7.78. The molecule has 0 unspecified atom stereocenters. The molecule has 2 aliphatic heterocycles. The standard InChI is InChI=1S/C42H76N6O9Si2/c1-12-13-14-15-16-17-18-19-20-21-22-23-24-25-31(50)48-32(26-28-44-46-43)54-34(33(48)39(51)52)35-36(56-58(8,9)41(2,3)4)37(57-59(10,11)42(5,6)7)38(55-35)47-29-27-30(49)45-40(47)53/h27,29,32-38H,12-26,28H2,1-11H3,(H,51,52)(H,45,49,53)/t32-,33+,34+,35-,36-,37-,38-/m1/s1. The lowest BCUT2D eigenvalue weighted by Gasteiger charge is -2.44. The van der Waals surface area contributed by atoms with Crippen molar-refractivity contribution in [2.45, 2.75) is 224 Å². The van der Waals surface area contributed by atoms with Crippen molar-refractivity contribution in [3.05, 3.63) is 43.5 Å². The fourth-order valence-electron chi connectivity index (χ4n) is 7.41. The summed E-state index contributed by atoms with van der Waals surface area (Å²) < 4.78 is 28.9. The molecule has 0 aromatic carbocycles. The highest BCUT2D eigenvalue weighted by molar-refractivity contribution is 6.74. The van der Waals surface area contributed by atoms with Crippen LogP contribution in [0.4, 0.5) is 0 Å². The number of amides is 1. The van der Waals surface area contributed by atoms with Gasteiger partial charge in [-0.3, -0.25) is 19.1 Å². The maximum Gasteiger partial charge on any atom is 0.330 e. The first-order valence-corrected chi connectivity index (χ1v) is 27.9. The summed E-state index contributed by atoms with van der Waals surface area (Å²) in [5.74, 6) is -1.64. The fraction of sp³-hybridized carbons (Fsp3) is 0.857. The van der Waals surface area contributed by atoms with E-state index >= 15 is 0 Å². The van der Waals surface area contributed by atoms with Crippen LogP contribution in [0.5, 0.6) is 0 Å². The average Bonchev–Trinajstić information content (AvgIpc) is 3.67. The lowest BCUT2D eigenvalue weighted by Crippen LogP contribution is -2.57. The molecule has 2 saturated heterocycles. The van der Waals surface area contributed by atoms with Gasteiger partial charge >= 0.3 is 11.7 Å². The predicted octanol–water partition coefficient (Wildman–Crippen LogP) is 9.40. The van der Waals surface area contributed by atoms with Gasteiger partial charge in [0.2, 0.25) is 5.91 Å². The van der Waals surface area contributed by atoms with Crippen LogP contribution in [0.25, 0.3) is 10.4 Å². The second-order valence-electron chi connectivity index (χ2n) is 19.6. The number of hydrogen-bond acceptors (Lipinski definition) is 9. The number of unbranched alkanes of at least 4 members (excludes halogenated alkanes) is 12. The molecule has 59 heavy (non-hydrogen) atoms. The van der Waals surface area contributed by atoms with Crippen LogP contribution in [0.2, 0.25) is 36.3 Å². The summed E-state index contributed by atoms with van der Waals surface area (Å²) in [6.45, 7) is 23.0. The Morgan fingerprint density at radius 3 is 1.81 bits per heavy atom. The zero-order valence-electron chi connectivity index (χ0n) is 38.0. The topological polar surface area (TPSA) is 198 Å². The molecule has 0 bridgehead atoms. The number of azide groups is 1. The second kappa shape index (κ2) is 22.3. The molecule has 17 heteroatoms. The van der Waals surface area contributed by atoms with Crippen molar-refractivity contribution in [3.63, 3.8) is 0 Å². The maximum atomic E-state index is 14.1. The fourth-order valence-corrected chi connectivity index (χ4v) is 10.00. The molecule has 1 amide bonds. The van der Waals surface area contributed by atoms with E-state index < -0.39 is 76.8 Å². The van der Waals surface area contributed by atoms with E-state index in [0.717, 1.165) is 19.3 Å². The Labute approximate surface area is 354 Å². The minimum atomic E-state index is -2.68. The van der Waals surface area contributed by atoms with Crippen molar-refractivity contribution < 1.29 is 33.0 Å². The lowest BCUT2D eigenvalue weighted by atomic mass is 9.98. The van der Waals surface area contributed by atoms with E-state index in [-0.39, 0.29) is 35.4 Å². The molecule has 336 valence electrons. The normalized spacial score (nSPS) is 24.1. The van der Waals surface area contributed by atoms with Crippen LogP contribution >= 0.6 is 0 Å². The number of ether oxygens (including phenoxy) is 2. The van der Waals surface area contributed by atoms with E-state index in [1.165, 1.54) is 79.5 Å². The highest BCUT2D eigenvalue weighted by atomic mass is 28.4. The van der Waals surface area contributed by atoms with Gasteiger partial charge in [-0.25, -0.2) is 9.59 Å². The van der Waals surface area contributed by atoms with Gasteiger partial charge in [0.25, 0.3) is 5.56 Å². The van der Waals surface area contributed by atoms with E-state index in [1.54, 1.807) is 0 Å². The van der Waals surface area contributed by atoms with Crippen molar-refractivity contribution in [3.8, 4) is 0 Å². The molecule has 3 heterocycles. The Hall–Kier alpha value is -2.80. The number of carbonyl (C=O) groups is 2. The van der Waals surface area contributed by atoms with Crippen LogP contribution in [0.3, 0.4) is 0 Å². The number of carboxylic acid groups (broad SMARTS) is 1. The Bertz CT molecular complexity index is 1670. The van der Waals surface area contributed by atoms with E-state index in [2.05, 4.69) is 89.7 Å². The first-order chi connectivity index (χ1) is 27.6. The van der Waals surface area contributed by atoms with Crippen molar-refractivity contribution in [2.75, 3.05) is 6.54 Å². The van der Waals surface area contributed by atoms with E-state index in [1.807, 2.05) is 0 Å². The Morgan fingerprint density at radius 1 is 0.831 bits per heavy atom. The average molecular weight is 865 g/mol. The number of hydrogen-bond donors (Lipinski definition) is 2. The molecule has 0 spiro atoms. The van der Waals surface area contributed by atoms with Gasteiger partial charge in [-0.1, -0.05) is 131 Å². The highest BCUT2D eigenvalue weighted by Gasteiger charge is 2.61. The van der Waals surface area contributed by atoms with Crippen LogP contribution in [-0.4, -0.2) is 91.3 Å². The number of carboxylic acids is 1. The van der Waals surface area contributed by atoms with E-state index in [9.17, 15) is 24.3 Å². The van der Waals surface area contributed by atoms with Crippen molar-refractivity contribution >= 4 is 28.5 Å². The van der Waals surface area contributed by atoms with Crippen LogP contribution in [0.1, 0.15) is 151 Å². The number of rotatable bonds is 24. The zero-order chi connectivity index (χ0) is 44.2. The Balaban J connectivity index is 1.95.